The van der Waals surface area contributed by atoms with Gasteiger partial charge in [-0.2, -0.15) is 5.26 Å². The van der Waals surface area contributed by atoms with Crippen LogP contribution in [0, 0.1) is 17.9 Å². The molecule has 3 aromatic heterocycles. The lowest BCUT2D eigenvalue weighted by Gasteiger charge is -2.16. The minimum Gasteiger partial charge on any atom is -0.309 e. The topological polar surface area (TPSA) is 71.8 Å². The van der Waals surface area contributed by atoms with Crippen LogP contribution in [-0.4, -0.2) is 19.5 Å². The molecule has 0 N–H and O–H groups in total. The second-order valence-corrected chi connectivity index (χ2v) is 14.2. The Bertz CT molecular complexity index is 3060. The summed E-state index contributed by atoms with van der Waals surface area (Å²) in [5, 5.41) is 14.1. The monoisotopic (exact) mass is 706 g/mol. The molecule has 54 heavy (non-hydrogen) atoms. The van der Waals surface area contributed by atoms with Crippen LogP contribution in [-0.2, 0) is 0 Å². The molecule has 7 heteroatoms. The first-order valence-electron chi connectivity index (χ1n) is 17.4. The number of hydrogen-bond donors (Lipinski definition) is 0. The van der Waals surface area contributed by atoms with Crippen molar-refractivity contribution in [2.75, 3.05) is 0 Å². The molecule has 0 radical (unpaired) electrons. The van der Waals surface area contributed by atoms with Gasteiger partial charge in [-0.15, -0.1) is 11.3 Å². The SMILES string of the molecule is [C-]#[N+]c1ccc2c(c1)c1cc(C#N)ccc1n2-c1ccc(-c2ccc3sc4ccccc4c3c2)cc1-c1nc(-c2ccccc2)nc(-c2ccccc2)n1. The summed E-state index contributed by atoms with van der Waals surface area (Å²) in [6.45, 7) is 7.74. The first-order valence-corrected chi connectivity index (χ1v) is 18.3. The summed E-state index contributed by atoms with van der Waals surface area (Å²) >= 11 is 1.80. The number of aromatic nitrogens is 4. The Labute approximate surface area is 314 Å². The van der Waals surface area contributed by atoms with Crippen molar-refractivity contribution in [1.82, 2.24) is 19.5 Å². The molecule has 0 atom stereocenters. The quantitative estimate of drug-likeness (QED) is 0.167. The van der Waals surface area contributed by atoms with Crippen LogP contribution in [0.3, 0.4) is 0 Å². The molecular weight excluding hydrogens is 681 g/mol. The Morgan fingerprint density at radius 3 is 1.85 bits per heavy atom. The zero-order valence-electron chi connectivity index (χ0n) is 28.6. The van der Waals surface area contributed by atoms with Crippen molar-refractivity contribution < 1.29 is 0 Å². The summed E-state index contributed by atoms with van der Waals surface area (Å²) in [5.74, 6) is 1.68. The van der Waals surface area contributed by atoms with Gasteiger partial charge in [0.2, 0.25) is 0 Å². The lowest BCUT2D eigenvalue weighted by atomic mass is 9.99. The van der Waals surface area contributed by atoms with Gasteiger partial charge in [-0.1, -0.05) is 97.1 Å². The Balaban J connectivity index is 1.28. The number of nitrogens with zero attached hydrogens (tertiary/aromatic N) is 6. The summed E-state index contributed by atoms with van der Waals surface area (Å²) in [6.07, 6.45) is 0. The highest BCUT2D eigenvalue weighted by Crippen LogP contribution is 2.41. The number of fused-ring (bicyclic) bond motifs is 6. The molecule has 0 amide bonds. The van der Waals surface area contributed by atoms with E-state index in [1.54, 1.807) is 11.3 Å². The van der Waals surface area contributed by atoms with E-state index >= 15 is 0 Å². The van der Waals surface area contributed by atoms with Crippen LogP contribution in [0.25, 0.3) is 97.8 Å². The van der Waals surface area contributed by atoms with E-state index in [-0.39, 0.29) is 0 Å². The van der Waals surface area contributed by atoms with Gasteiger partial charge in [0.1, 0.15) is 0 Å². The van der Waals surface area contributed by atoms with E-state index in [0.717, 1.165) is 55.3 Å². The fraction of sp³-hybridized carbons (Fsp3) is 0. The van der Waals surface area contributed by atoms with Crippen molar-refractivity contribution in [3.05, 3.63) is 175 Å². The predicted octanol–water partition coefficient (Wildman–Crippen LogP) is 12.4. The molecule has 0 unspecified atom stereocenters. The molecule has 10 aromatic rings. The van der Waals surface area contributed by atoms with Crippen molar-refractivity contribution in [2.24, 2.45) is 0 Å². The van der Waals surface area contributed by atoms with Crippen LogP contribution in [0.4, 0.5) is 5.69 Å². The fourth-order valence-electron chi connectivity index (χ4n) is 7.33. The Morgan fingerprint density at radius 1 is 0.519 bits per heavy atom. The maximum Gasteiger partial charge on any atom is 0.188 e. The maximum absolute atomic E-state index is 9.85. The minimum atomic E-state index is 0.531. The van der Waals surface area contributed by atoms with Gasteiger partial charge >= 0.3 is 0 Å². The molecule has 0 bridgehead atoms. The van der Waals surface area contributed by atoms with Gasteiger partial charge in [-0.3, -0.25) is 0 Å². The van der Waals surface area contributed by atoms with Gasteiger partial charge < -0.3 is 4.57 Å². The molecule has 0 fully saturated rings. The van der Waals surface area contributed by atoms with Crippen molar-refractivity contribution >= 4 is 59.0 Å². The predicted molar refractivity (Wildman–Crippen MR) is 220 cm³/mol. The maximum atomic E-state index is 9.85. The molecule has 0 aliphatic rings. The van der Waals surface area contributed by atoms with Crippen LogP contribution in [0.15, 0.2) is 158 Å². The number of hydrogen-bond acceptors (Lipinski definition) is 5. The van der Waals surface area contributed by atoms with Gasteiger partial charge in [-0.25, -0.2) is 19.8 Å². The van der Waals surface area contributed by atoms with Crippen molar-refractivity contribution in [3.63, 3.8) is 0 Å². The largest absolute Gasteiger partial charge is 0.309 e. The number of rotatable bonds is 5. The summed E-state index contributed by atoms with van der Waals surface area (Å²) in [7, 11) is 0. The minimum absolute atomic E-state index is 0.531. The van der Waals surface area contributed by atoms with E-state index in [4.69, 9.17) is 21.5 Å². The molecular formula is C47H26N6S. The standard InChI is InChI=1S/C47H26N6S/c1-49-34-19-22-41-37(27-34)36-24-29(28-48)16-20-40(36)53(41)42-21-17-32(33-18-23-44-38(25-33)35-14-8-9-15-43(35)54-44)26-39(42)47-51-45(30-10-4-2-5-11-30)50-46(52-47)31-12-6-3-7-13-31/h2-27H. The summed E-state index contributed by atoms with van der Waals surface area (Å²) in [5.41, 5.74) is 8.48. The third-order valence-electron chi connectivity index (χ3n) is 9.89. The van der Waals surface area contributed by atoms with Crippen LogP contribution in [0.2, 0.25) is 0 Å². The summed E-state index contributed by atoms with van der Waals surface area (Å²) in [6, 6.07) is 55.4. The van der Waals surface area contributed by atoms with Crippen molar-refractivity contribution in [3.8, 4) is 57.0 Å². The van der Waals surface area contributed by atoms with E-state index in [1.807, 2.05) is 97.1 Å². The molecule has 0 aliphatic heterocycles. The smallest absolute Gasteiger partial charge is 0.188 e. The van der Waals surface area contributed by atoms with Crippen LogP contribution >= 0.6 is 11.3 Å². The van der Waals surface area contributed by atoms with E-state index in [9.17, 15) is 5.26 Å². The Hall–Kier alpha value is -7.45. The molecule has 0 saturated carbocycles. The van der Waals surface area contributed by atoms with Gasteiger partial charge in [0, 0.05) is 42.2 Å². The van der Waals surface area contributed by atoms with Gasteiger partial charge in [0.05, 0.1) is 34.9 Å². The lowest BCUT2D eigenvalue weighted by molar-refractivity contribution is 1.06. The first kappa shape index (κ1) is 31.3. The third-order valence-corrected chi connectivity index (χ3v) is 11.0. The molecule has 0 spiro atoms. The highest BCUT2D eigenvalue weighted by atomic mass is 32.1. The molecule has 250 valence electrons. The van der Waals surface area contributed by atoms with Crippen LogP contribution < -0.4 is 0 Å². The molecule has 6 nitrogen and oxygen atoms in total. The second kappa shape index (κ2) is 12.6. The highest BCUT2D eigenvalue weighted by molar-refractivity contribution is 7.25. The molecule has 3 heterocycles. The molecule has 10 rings (SSSR count). The number of thiophene rings is 1. The van der Waals surface area contributed by atoms with Gasteiger partial charge in [0.25, 0.3) is 0 Å². The zero-order chi connectivity index (χ0) is 36.2. The normalized spacial score (nSPS) is 11.3. The average molecular weight is 707 g/mol. The summed E-state index contributed by atoms with van der Waals surface area (Å²) < 4.78 is 4.71. The highest BCUT2D eigenvalue weighted by Gasteiger charge is 2.21. The van der Waals surface area contributed by atoms with E-state index in [0.29, 0.717) is 28.7 Å². The lowest BCUT2D eigenvalue weighted by Crippen LogP contribution is -2.04. The zero-order valence-corrected chi connectivity index (χ0v) is 29.4. The molecule has 0 saturated heterocycles. The number of benzene rings is 7. The molecule has 0 aliphatic carbocycles. The first-order chi connectivity index (χ1) is 26.6. The van der Waals surface area contributed by atoms with Crippen molar-refractivity contribution in [2.45, 2.75) is 0 Å². The average Bonchev–Trinajstić information content (AvgIpc) is 3.78. The van der Waals surface area contributed by atoms with Crippen LogP contribution in [0.5, 0.6) is 0 Å². The van der Waals surface area contributed by atoms with E-state index in [1.165, 1.54) is 20.2 Å². The number of nitriles is 1. The molecule has 7 aromatic carbocycles. The van der Waals surface area contributed by atoms with Gasteiger partial charge in [0.15, 0.2) is 23.2 Å². The Kier molecular flexibility index (Phi) is 7.33. The van der Waals surface area contributed by atoms with Gasteiger partial charge in [-0.05, 0) is 77.2 Å². The summed E-state index contributed by atoms with van der Waals surface area (Å²) in [4.78, 5) is 19.1. The fourth-order valence-corrected chi connectivity index (χ4v) is 8.42. The third kappa shape index (κ3) is 5.19. The van der Waals surface area contributed by atoms with Crippen LogP contribution in [0.1, 0.15) is 5.56 Å². The van der Waals surface area contributed by atoms with E-state index in [2.05, 4.69) is 76.1 Å². The Morgan fingerprint density at radius 2 is 1.13 bits per heavy atom. The van der Waals surface area contributed by atoms with E-state index < -0.39 is 0 Å². The second-order valence-electron chi connectivity index (χ2n) is 13.1. The van der Waals surface area contributed by atoms with Crippen molar-refractivity contribution in [1.29, 1.82) is 5.26 Å².